The molecule has 0 spiro atoms. The number of rotatable bonds is 6. The van der Waals surface area contributed by atoms with Gasteiger partial charge in [-0.15, -0.1) is 0 Å². The summed E-state index contributed by atoms with van der Waals surface area (Å²) in [6.45, 7) is 0.189. The van der Waals surface area contributed by atoms with Crippen LogP contribution in [0.2, 0.25) is 0 Å². The van der Waals surface area contributed by atoms with Crippen molar-refractivity contribution in [2.45, 2.75) is 31.0 Å². The van der Waals surface area contributed by atoms with Gasteiger partial charge in [0.15, 0.2) is 0 Å². The predicted molar refractivity (Wildman–Crippen MR) is 157 cm³/mol. The van der Waals surface area contributed by atoms with Gasteiger partial charge in [0.05, 0.1) is 5.69 Å². The molecule has 0 amide bonds. The average molecular weight is 559 g/mol. The number of aromatic hydroxyl groups is 1. The van der Waals surface area contributed by atoms with Gasteiger partial charge in [0.2, 0.25) is 0 Å². The average Bonchev–Trinajstić information content (AvgIpc) is 2.90. The number of phenolic OH excluding ortho intramolecular Hbond substituents is 1. The van der Waals surface area contributed by atoms with Crippen molar-refractivity contribution in [2.75, 3.05) is 38.4 Å². The van der Waals surface area contributed by atoms with E-state index in [0.29, 0.717) is 11.1 Å². The molecule has 214 valence electrons. The van der Waals surface area contributed by atoms with E-state index in [1.807, 2.05) is 31.1 Å². The van der Waals surface area contributed by atoms with Crippen LogP contribution in [0.5, 0.6) is 5.75 Å². The number of Topliss-reactive ketones (excluding diaryl/α,β-unsaturated/α-hetero) is 2. The first-order valence-corrected chi connectivity index (χ1v) is 13.3. The minimum atomic E-state index is -2.52. The molecule has 3 aliphatic rings. The van der Waals surface area contributed by atoms with Gasteiger partial charge in [-0.25, -0.2) is 0 Å². The molecule has 1 aromatic heterocycles. The molecular formula is C29H34BN5O6. The van der Waals surface area contributed by atoms with Crippen LogP contribution in [0, 0.1) is 11.8 Å². The summed E-state index contributed by atoms with van der Waals surface area (Å²) in [6, 6.07) is 4.54. The molecule has 1 aromatic carbocycles. The quantitative estimate of drug-likeness (QED) is 0.275. The van der Waals surface area contributed by atoms with Crippen LogP contribution in [0.15, 0.2) is 53.3 Å². The zero-order valence-corrected chi connectivity index (χ0v) is 23.5. The summed E-state index contributed by atoms with van der Waals surface area (Å²) in [5.74, 6) is -4.58. The number of nitrogens with two attached hydrogens (primary N) is 1. The maximum atomic E-state index is 14.1. The number of carbonyl (C=O) groups is 2. The topological polar surface area (TPSA) is 172 Å². The number of hydrogen-bond acceptors (Lipinski definition) is 11. The van der Waals surface area contributed by atoms with Crippen molar-refractivity contribution < 1.29 is 30.0 Å². The van der Waals surface area contributed by atoms with Crippen LogP contribution in [-0.4, -0.2) is 94.8 Å². The summed E-state index contributed by atoms with van der Waals surface area (Å²) in [4.78, 5) is 35.3. The van der Waals surface area contributed by atoms with Gasteiger partial charge in [-0.1, -0.05) is 0 Å². The molecule has 3 aliphatic carbocycles. The van der Waals surface area contributed by atoms with Crippen LogP contribution in [-0.2, 0) is 17.8 Å². The van der Waals surface area contributed by atoms with Gasteiger partial charge in [-0.2, -0.15) is 0 Å². The number of pyridine rings is 1. The fraction of sp³-hybridized carbons (Fsp3) is 0.379. The zero-order chi connectivity index (χ0) is 30.0. The standard InChI is InChI=1S/C29H34BN5O6/c1-34(2)18-10-14(11-33-15-6-5-7-32-12-15)23(36)20-16(18)8-13-9-17-22(35(3)4)25(38)21(28(30)31)27(40)29(17,41)26(39)19(13)24(20)37/h5-7,10,12-13,17,22,30,33,36,38-39,41H,8-9,11,31H2,1-4H3/t13-,17-,22?,29-/m0/s1. The van der Waals surface area contributed by atoms with Crippen molar-refractivity contribution in [3.05, 3.63) is 69.9 Å². The molecule has 12 heteroatoms. The van der Waals surface area contributed by atoms with E-state index in [4.69, 9.17) is 5.73 Å². The molecule has 7 N–H and O–H groups in total. The summed E-state index contributed by atoms with van der Waals surface area (Å²) >= 11 is 0. The molecule has 0 radical (unpaired) electrons. The van der Waals surface area contributed by atoms with Crippen molar-refractivity contribution in [3.8, 4) is 5.75 Å². The number of allylic oxidation sites excluding steroid dienone is 1. The third kappa shape index (κ3) is 4.20. The molecule has 0 saturated heterocycles. The van der Waals surface area contributed by atoms with Gasteiger partial charge >= 0.3 is 203 Å². The second kappa shape index (κ2) is 10.0. The Labute approximate surface area is 238 Å². The Balaban J connectivity index is 1.66. The Morgan fingerprint density at radius 3 is 2.51 bits per heavy atom. The van der Waals surface area contributed by atoms with Crippen LogP contribution in [0.4, 0.5) is 11.4 Å². The van der Waals surface area contributed by atoms with Crippen molar-refractivity contribution in [2.24, 2.45) is 17.6 Å². The first-order chi connectivity index (χ1) is 19.3. The molecule has 0 bridgehead atoms. The number of aliphatic hydroxyl groups excluding tert-OH is 2. The summed E-state index contributed by atoms with van der Waals surface area (Å²) in [6.07, 6.45) is 3.66. The first kappa shape index (κ1) is 28.4. The summed E-state index contributed by atoms with van der Waals surface area (Å²) < 4.78 is 0. The van der Waals surface area contributed by atoms with Crippen LogP contribution in [0.25, 0.3) is 0 Å². The maximum absolute atomic E-state index is 14.1. The van der Waals surface area contributed by atoms with E-state index in [1.54, 1.807) is 37.5 Å². The molecule has 1 heterocycles. The molecule has 2 aromatic rings. The molecule has 5 rings (SSSR count). The number of fused-ring (bicyclic) bond motifs is 3. The van der Waals surface area contributed by atoms with Crippen molar-refractivity contribution in [1.82, 2.24) is 9.88 Å². The van der Waals surface area contributed by atoms with Crippen molar-refractivity contribution in [1.29, 1.82) is 0 Å². The number of nitrogens with one attached hydrogen (secondary N) is 1. The normalized spacial score (nSPS) is 25.5. The predicted octanol–water partition coefficient (Wildman–Crippen LogP) is 0.698. The Hall–Kier alpha value is -4.16. The number of ketones is 2. The SMILES string of the molecule is B=C(N)C1=C(O)C(N(C)C)[C@@H]2C[C@@H]3Cc4c(N(C)C)cc(CNc5cccnc5)c(O)c4C(=O)C3=C(O)[C@]2(O)C1=O. The Kier molecular flexibility index (Phi) is 6.95. The number of likely N-dealkylation sites (N-methyl/N-ethyl adjacent to an activating group) is 1. The molecule has 41 heavy (non-hydrogen) atoms. The molecule has 0 saturated carbocycles. The number of phenols is 1. The van der Waals surface area contributed by atoms with Crippen LogP contribution >= 0.6 is 0 Å². The Morgan fingerprint density at radius 1 is 1.22 bits per heavy atom. The van der Waals surface area contributed by atoms with E-state index in [2.05, 4.69) is 17.8 Å². The van der Waals surface area contributed by atoms with E-state index in [-0.39, 0.29) is 53.2 Å². The van der Waals surface area contributed by atoms with Crippen LogP contribution in [0.1, 0.15) is 27.9 Å². The third-order valence-electron chi connectivity index (χ3n) is 8.48. The molecule has 11 nitrogen and oxygen atoms in total. The Morgan fingerprint density at radius 2 is 1.93 bits per heavy atom. The third-order valence-corrected chi connectivity index (χ3v) is 8.48. The van der Waals surface area contributed by atoms with E-state index in [0.717, 1.165) is 11.4 Å². The van der Waals surface area contributed by atoms with Gasteiger partial charge in [-0.3, -0.25) is 4.98 Å². The second-order valence-electron chi connectivity index (χ2n) is 11.4. The van der Waals surface area contributed by atoms with E-state index < -0.39 is 40.8 Å². The molecule has 4 atom stereocenters. The van der Waals surface area contributed by atoms with E-state index >= 15 is 0 Å². The van der Waals surface area contributed by atoms with Gasteiger partial charge in [-0.05, 0) is 12.1 Å². The molecule has 0 aliphatic heterocycles. The summed E-state index contributed by atoms with van der Waals surface area (Å²) in [5, 5.41) is 49.1. The number of benzene rings is 1. The zero-order valence-electron chi connectivity index (χ0n) is 23.5. The number of nitrogens with zero attached hydrogens (tertiary/aromatic N) is 3. The van der Waals surface area contributed by atoms with Gasteiger partial charge in [0.25, 0.3) is 0 Å². The number of hydrogen-bond donors (Lipinski definition) is 6. The molecule has 1 unspecified atom stereocenters. The van der Waals surface area contributed by atoms with E-state index in [1.165, 1.54) is 0 Å². The van der Waals surface area contributed by atoms with Crippen molar-refractivity contribution in [3.63, 3.8) is 0 Å². The van der Waals surface area contributed by atoms with Crippen LogP contribution < -0.4 is 16.0 Å². The van der Waals surface area contributed by atoms with Gasteiger partial charge in [0.1, 0.15) is 0 Å². The number of carbonyl (C=O) groups excluding carboxylic acids is 2. The monoisotopic (exact) mass is 559 g/mol. The van der Waals surface area contributed by atoms with Crippen molar-refractivity contribution >= 4 is 36.0 Å². The summed E-state index contributed by atoms with van der Waals surface area (Å²) in [5.41, 5.74) is 5.09. The van der Waals surface area contributed by atoms with Gasteiger partial charge < -0.3 is 0 Å². The fourth-order valence-electron chi connectivity index (χ4n) is 6.62. The molecular weight excluding hydrogens is 525 g/mol. The Bertz CT molecular complexity index is 1540. The van der Waals surface area contributed by atoms with Gasteiger partial charge in [0, 0.05) is 12.4 Å². The summed E-state index contributed by atoms with van der Waals surface area (Å²) in [7, 11) is 10.6. The fourth-order valence-corrected chi connectivity index (χ4v) is 6.62. The number of anilines is 2. The van der Waals surface area contributed by atoms with Crippen LogP contribution in [0.3, 0.4) is 0 Å². The number of aromatic nitrogens is 1. The number of aliphatic hydroxyl groups is 3. The molecule has 0 fully saturated rings. The first-order valence-electron chi connectivity index (χ1n) is 13.3. The van der Waals surface area contributed by atoms with E-state index in [9.17, 15) is 30.0 Å². The second-order valence-corrected chi connectivity index (χ2v) is 11.4. The minimum absolute atomic E-state index is 0.0216.